The first-order chi connectivity index (χ1) is 13.8. The van der Waals surface area contributed by atoms with Crippen molar-refractivity contribution in [2.24, 2.45) is 4.99 Å². The number of aliphatic hydroxyl groups excluding tert-OH is 1. The van der Waals surface area contributed by atoms with E-state index in [-0.39, 0.29) is 6.61 Å². The zero-order valence-corrected chi connectivity index (χ0v) is 19.0. The fourth-order valence-corrected chi connectivity index (χ4v) is 4.59. The Bertz CT molecular complexity index is 407. The molecule has 0 bridgehead atoms. The number of rotatable bonds is 20. The van der Waals surface area contributed by atoms with Gasteiger partial charge >= 0.3 is 0 Å². The van der Waals surface area contributed by atoms with Crippen molar-refractivity contribution in [2.45, 2.75) is 110 Å². The predicted octanol–water partition coefficient (Wildman–Crippen LogP) is 6.66. The van der Waals surface area contributed by atoms with Crippen LogP contribution in [0.25, 0.3) is 0 Å². The summed E-state index contributed by atoms with van der Waals surface area (Å²) < 4.78 is 0.950. The molecule has 1 heterocycles. The highest BCUT2D eigenvalue weighted by molar-refractivity contribution is 5.76. The van der Waals surface area contributed by atoms with Crippen molar-refractivity contribution in [3.63, 3.8) is 0 Å². The number of likely N-dealkylation sites (N-methyl/N-ethyl adjacent to an activating group) is 1. The summed E-state index contributed by atoms with van der Waals surface area (Å²) in [6, 6.07) is 0. The van der Waals surface area contributed by atoms with Crippen LogP contribution in [-0.2, 0) is 0 Å². The molecular weight excluding hydrogens is 344 g/mol. The highest BCUT2D eigenvalue weighted by Gasteiger charge is 2.35. The second kappa shape index (κ2) is 17.2. The van der Waals surface area contributed by atoms with Crippen LogP contribution >= 0.6 is 0 Å². The van der Waals surface area contributed by atoms with E-state index in [2.05, 4.69) is 13.5 Å². The van der Waals surface area contributed by atoms with E-state index in [1.165, 1.54) is 102 Å². The van der Waals surface area contributed by atoms with Gasteiger partial charge < -0.3 is 5.11 Å². The SMILES string of the molecule is C=CCCCCCCCCCCCCCCCCC1=NCC[N+]1(CC)CCO. The number of nitrogens with zero attached hydrogens (tertiary/aromatic N) is 2. The third kappa shape index (κ3) is 10.8. The van der Waals surface area contributed by atoms with E-state index < -0.39 is 0 Å². The molecule has 0 aromatic rings. The lowest BCUT2D eigenvalue weighted by Gasteiger charge is -2.33. The minimum Gasteiger partial charge on any atom is -0.390 e. The lowest BCUT2D eigenvalue weighted by Crippen LogP contribution is -2.52. The first-order valence-electron chi connectivity index (χ1n) is 12.4. The normalized spacial score (nSPS) is 19.1. The first-order valence-corrected chi connectivity index (χ1v) is 12.4. The third-order valence-electron chi connectivity index (χ3n) is 6.56. The zero-order chi connectivity index (χ0) is 20.3. The van der Waals surface area contributed by atoms with Crippen LogP contribution in [-0.4, -0.2) is 48.2 Å². The fourth-order valence-electron chi connectivity index (χ4n) is 4.59. The minimum atomic E-state index is 0.280. The molecule has 0 aromatic carbocycles. The Kier molecular flexibility index (Phi) is 15.6. The van der Waals surface area contributed by atoms with Gasteiger partial charge in [0.15, 0.2) is 5.84 Å². The number of hydrogen-bond donors (Lipinski definition) is 1. The van der Waals surface area contributed by atoms with Crippen molar-refractivity contribution in [1.82, 2.24) is 0 Å². The third-order valence-corrected chi connectivity index (χ3v) is 6.56. The van der Waals surface area contributed by atoms with E-state index in [4.69, 9.17) is 4.99 Å². The molecule has 0 radical (unpaired) electrons. The maximum absolute atomic E-state index is 9.38. The van der Waals surface area contributed by atoms with Crippen LogP contribution in [0.5, 0.6) is 0 Å². The summed E-state index contributed by atoms with van der Waals surface area (Å²) in [5.41, 5.74) is 0. The summed E-state index contributed by atoms with van der Waals surface area (Å²) in [6.07, 6.45) is 23.9. The molecule has 0 saturated heterocycles. The van der Waals surface area contributed by atoms with Crippen LogP contribution in [0.3, 0.4) is 0 Å². The quantitative estimate of drug-likeness (QED) is 0.140. The van der Waals surface area contributed by atoms with Gasteiger partial charge in [0.05, 0.1) is 19.7 Å². The van der Waals surface area contributed by atoms with Crippen molar-refractivity contribution < 1.29 is 9.59 Å². The van der Waals surface area contributed by atoms with Crippen molar-refractivity contribution >= 4 is 5.84 Å². The molecule has 3 heteroatoms. The number of aliphatic imine (C=N–C) groups is 1. The molecule has 1 N–H and O–H groups in total. The lowest BCUT2D eigenvalue weighted by atomic mass is 10.0. The predicted molar refractivity (Wildman–Crippen MR) is 124 cm³/mol. The van der Waals surface area contributed by atoms with E-state index in [0.717, 1.165) is 37.1 Å². The summed E-state index contributed by atoms with van der Waals surface area (Å²) >= 11 is 0. The molecule has 1 aliphatic heterocycles. The monoisotopic (exact) mass is 393 g/mol. The minimum absolute atomic E-state index is 0.280. The molecule has 28 heavy (non-hydrogen) atoms. The van der Waals surface area contributed by atoms with Gasteiger partial charge in [-0.05, 0) is 26.2 Å². The van der Waals surface area contributed by atoms with Gasteiger partial charge in [-0.2, -0.15) is 0 Å². The Morgan fingerprint density at radius 3 is 1.82 bits per heavy atom. The van der Waals surface area contributed by atoms with E-state index >= 15 is 0 Å². The first kappa shape index (κ1) is 25.4. The molecule has 1 rings (SSSR count). The van der Waals surface area contributed by atoms with Gasteiger partial charge in [-0.3, -0.25) is 4.48 Å². The van der Waals surface area contributed by atoms with Crippen molar-refractivity contribution in [2.75, 3.05) is 32.8 Å². The second-order valence-electron chi connectivity index (χ2n) is 8.71. The van der Waals surface area contributed by atoms with Gasteiger partial charge in [0.25, 0.3) is 0 Å². The van der Waals surface area contributed by atoms with Gasteiger partial charge in [-0.25, -0.2) is 4.99 Å². The molecule has 1 unspecified atom stereocenters. The smallest absolute Gasteiger partial charge is 0.198 e. The number of allylic oxidation sites excluding steroid dienone is 1. The van der Waals surface area contributed by atoms with Gasteiger partial charge in [0.2, 0.25) is 0 Å². The molecule has 0 spiro atoms. The van der Waals surface area contributed by atoms with Crippen LogP contribution in [0.15, 0.2) is 17.6 Å². The van der Waals surface area contributed by atoms with Crippen molar-refractivity contribution in [1.29, 1.82) is 0 Å². The van der Waals surface area contributed by atoms with Crippen LogP contribution in [0, 0.1) is 0 Å². The standard InChI is InChI=1S/C25H49N2O/c1-3-5-6-7-8-9-10-11-12-13-14-15-16-17-18-19-20-25-26-21-22-27(25,4-2)23-24-28/h3,28H,1,4-24H2,2H3/q+1. The summed E-state index contributed by atoms with van der Waals surface area (Å²) in [4.78, 5) is 4.76. The van der Waals surface area contributed by atoms with Crippen LogP contribution < -0.4 is 0 Å². The number of amidine groups is 1. The van der Waals surface area contributed by atoms with Crippen LogP contribution in [0.4, 0.5) is 0 Å². The number of quaternary nitrogens is 1. The Balaban J connectivity index is 1.86. The summed E-state index contributed by atoms with van der Waals surface area (Å²) in [6.45, 7) is 10.3. The molecule has 0 aromatic heterocycles. The maximum atomic E-state index is 9.38. The zero-order valence-electron chi connectivity index (χ0n) is 19.0. The summed E-state index contributed by atoms with van der Waals surface area (Å²) in [5.74, 6) is 1.36. The molecule has 0 aliphatic carbocycles. The van der Waals surface area contributed by atoms with Gasteiger partial charge in [-0.1, -0.05) is 83.1 Å². The summed E-state index contributed by atoms with van der Waals surface area (Å²) in [5, 5.41) is 9.38. The fraction of sp³-hybridized carbons (Fsp3) is 0.880. The van der Waals surface area contributed by atoms with Crippen LogP contribution in [0.2, 0.25) is 0 Å². The number of unbranched alkanes of at least 4 members (excludes halogenated alkanes) is 14. The molecule has 1 atom stereocenters. The van der Waals surface area contributed by atoms with Crippen LogP contribution in [0.1, 0.15) is 110 Å². The molecule has 164 valence electrons. The Labute approximate surface area is 175 Å². The maximum Gasteiger partial charge on any atom is 0.198 e. The average molecular weight is 394 g/mol. The van der Waals surface area contributed by atoms with E-state index in [0.29, 0.717) is 0 Å². The van der Waals surface area contributed by atoms with Crippen molar-refractivity contribution in [3.05, 3.63) is 12.7 Å². The Hall–Kier alpha value is -0.670. The van der Waals surface area contributed by atoms with E-state index in [1.807, 2.05) is 6.08 Å². The molecule has 1 aliphatic rings. The summed E-state index contributed by atoms with van der Waals surface area (Å²) in [7, 11) is 0. The number of aliphatic hydroxyl groups is 1. The van der Waals surface area contributed by atoms with Gasteiger partial charge in [0, 0.05) is 6.42 Å². The topological polar surface area (TPSA) is 32.6 Å². The highest BCUT2D eigenvalue weighted by Crippen LogP contribution is 2.20. The van der Waals surface area contributed by atoms with E-state index in [9.17, 15) is 5.11 Å². The van der Waals surface area contributed by atoms with Gasteiger partial charge in [0.1, 0.15) is 13.1 Å². The molecule has 0 saturated carbocycles. The second-order valence-corrected chi connectivity index (χ2v) is 8.71. The van der Waals surface area contributed by atoms with Gasteiger partial charge in [-0.15, -0.1) is 6.58 Å². The molecule has 0 amide bonds. The van der Waals surface area contributed by atoms with Crippen molar-refractivity contribution in [3.8, 4) is 0 Å². The lowest BCUT2D eigenvalue weighted by molar-refractivity contribution is -0.835. The molecular formula is C25H49N2O+. The largest absolute Gasteiger partial charge is 0.390 e. The number of hydrogen-bond acceptors (Lipinski definition) is 2. The average Bonchev–Trinajstić information content (AvgIpc) is 3.11. The Morgan fingerprint density at radius 1 is 0.857 bits per heavy atom. The molecule has 0 fully saturated rings. The molecule has 3 nitrogen and oxygen atoms in total. The highest BCUT2D eigenvalue weighted by atomic mass is 16.3. The van der Waals surface area contributed by atoms with E-state index in [1.54, 1.807) is 0 Å². The Morgan fingerprint density at radius 2 is 1.36 bits per heavy atom.